The molecule has 5 nitrogen and oxygen atoms in total. The summed E-state index contributed by atoms with van der Waals surface area (Å²) in [4.78, 5) is 23.7. The first kappa shape index (κ1) is 21.4. The van der Waals surface area contributed by atoms with Crippen LogP contribution in [0.5, 0.6) is 5.75 Å². The Balaban J connectivity index is 1.90. The highest BCUT2D eigenvalue weighted by Gasteiger charge is 2.10. The second-order valence-corrected chi connectivity index (χ2v) is 7.29. The lowest BCUT2D eigenvalue weighted by molar-refractivity contribution is 0.0697. The molecule has 1 N–H and O–H groups in total. The van der Waals surface area contributed by atoms with Crippen LogP contribution in [0.15, 0.2) is 59.4 Å². The molecule has 3 rings (SSSR count). The van der Waals surface area contributed by atoms with Crippen molar-refractivity contribution in [1.29, 1.82) is 0 Å². The number of nitrogens with zero attached hydrogens (tertiary/aromatic N) is 1. The van der Waals surface area contributed by atoms with Crippen LogP contribution >= 0.6 is 11.6 Å². The molecule has 3 aromatic rings. The van der Waals surface area contributed by atoms with Crippen LogP contribution in [0.25, 0.3) is 12.2 Å². The van der Waals surface area contributed by atoms with Crippen molar-refractivity contribution in [1.82, 2.24) is 4.57 Å². The zero-order valence-electron chi connectivity index (χ0n) is 16.8. The van der Waals surface area contributed by atoms with Gasteiger partial charge in [0.1, 0.15) is 10.8 Å². The van der Waals surface area contributed by atoms with Gasteiger partial charge >= 0.3 is 5.97 Å². The fourth-order valence-electron chi connectivity index (χ4n) is 3.20. The summed E-state index contributed by atoms with van der Waals surface area (Å²) in [6.07, 6.45) is 4.39. The molecule has 0 amide bonds. The number of aryl methyl sites for hydroxylation is 2. The number of methoxy groups -OCH3 is 1. The van der Waals surface area contributed by atoms with Crippen molar-refractivity contribution in [2.45, 2.75) is 19.9 Å². The molecule has 0 unspecified atom stereocenters. The molecule has 0 spiro atoms. The number of pyridine rings is 1. The molecule has 1 heterocycles. The summed E-state index contributed by atoms with van der Waals surface area (Å²) in [7, 11) is 1.62. The number of aromatic nitrogens is 1. The minimum Gasteiger partial charge on any atom is -0.497 e. The standard InChI is InChI=1S/C24H22ClNO4/c1-16-14-21(25)23(27)26(13-12-17-6-9-19(10-7-17)24(28)29)22(16)11-8-18-4-3-5-20(15-18)30-2/h3-11,14-15H,12-13H2,1-2H3,(H,28,29)/b11-8+. The maximum absolute atomic E-state index is 12.7. The Morgan fingerprint density at radius 2 is 1.87 bits per heavy atom. The predicted molar refractivity (Wildman–Crippen MR) is 119 cm³/mol. The maximum atomic E-state index is 12.7. The highest BCUT2D eigenvalue weighted by atomic mass is 35.5. The first-order valence-electron chi connectivity index (χ1n) is 9.43. The second kappa shape index (κ2) is 9.46. The van der Waals surface area contributed by atoms with Gasteiger partial charge in [0, 0.05) is 12.2 Å². The number of hydrogen-bond acceptors (Lipinski definition) is 3. The zero-order valence-corrected chi connectivity index (χ0v) is 17.5. The molecule has 1 aromatic heterocycles. The fourth-order valence-corrected chi connectivity index (χ4v) is 3.46. The van der Waals surface area contributed by atoms with E-state index in [-0.39, 0.29) is 16.1 Å². The van der Waals surface area contributed by atoms with Gasteiger partial charge in [0.2, 0.25) is 0 Å². The van der Waals surface area contributed by atoms with E-state index in [1.807, 2.05) is 43.3 Å². The molecule has 0 atom stereocenters. The number of halogens is 1. The van der Waals surface area contributed by atoms with Crippen LogP contribution in [-0.2, 0) is 13.0 Å². The van der Waals surface area contributed by atoms with Gasteiger partial charge in [-0.2, -0.15) is 0 Å². The number of carbonyl (C=O) groups is 1. The van der Waals surface area contributed by atoms with E-state index in [9.17, 15) is 9.59 Å². The largest absolute Gasteiger partial charge is 0.497 e. The normalized spacial score (nSPS) is 11.0. The predicted octanol–water partition coefficient (Wildman–Crippen LogP) is 4.93. The van der Waals surface area contributed by atoms with Crippen molar-refractivity contribution >= 4 is 29.7 Å². The molecule has 30 heavy (non-hydrogen) atoms. The molecule has 0 bridgehead atoms. The van der Waals surface area contributed by atoms with Gasteiger partial charge in [-0.3, -0.25) is 4.79 Å². The van der Waals surface area contributed by atoms with Crippen molar-refractivity contribution in [3.63, 3.8) is 0 Å². The number of hydrogen-bond donors (Lipinski definition) is 1. The number of rotatable bonds is 7. The molecule has 154 valence electrons. The van der Waals surface area contributed by atoms with Gasteiger partial charge in [-0.1, -0.05) is 41.9 Å². The molecule has 0 aliphatic rings. The number of carboxylic acids is 1. The molecule has 0 aliphatic carbocycles. The summed E-state index contributed by atoms with van der Waals surface area (Å²) < 4.78 is 6.91. The average Bonchev–Trinajstić information content (AvgIpc) is 2.75. The Labute approximate surface area is 179 Å². The number of aromatic carboxylic acids is 1. The number of carboxylic acid groups (broad SMARTS) is 1. The lowest BCUT2D eigenvalue weighted by Gasteiger charge is -2.14. The van der Waals surface area contributed by atoms with Crippen molar-refractivity contribution in [2.75, 3.05) is 7.11 Å². The van der Waals surface area contributed by atoms with E-state index in [1.165, 1.54) is 0 Å². The Kier molecular flexibility index (Phi) is 6.75. The summed E-state index contributed by atoms with van der Waals surface area (Å²) in [6.45, 7) is 2.33. The van der Waals surface area contributed by atoms with Crippen LogP contribution < -0.4 is 10.3 Å². The SMILES string of the molecule is COc1cccc(/C=C/c2c(C)cc(Cl)c(=O)n2CCc2ccc(C(=O)O)cc2)c1. The Morgan fingerprint density at radius 3 is 2.53 bits per heavy atom. The maximum Gasteiger partial charge on any atom is 0.335 e. The third-order valence-corrected chi connectivity index (χ3v) is 5.11. The second-order valence-electron chi connectivity index (χ2n) is 6.88. The van der Waals surface area contributed by atoms with Gasteiger partial charge in [-0.25, -0.2) is 4.79 Å². The Bertz CT molecular complexity index is 1150. The molecular weight excluding hydrogens is 402 g/mol. The Hall–Kier alpha value is -3.31. The molecule has 6 heteroatoms. The van der Waals surface area contributed by atoms with E-state index < -0.39 is 5.97 Å². The van der Waals surface area contributed by atoms with Crippen molar-refractivity contribution < 1.29 is 14.6 Å². The zero-order chi connectivity index (χ0) is 21.7. The Morgan fingerprint density at radius 1 is 1.13 bits per heavy atom. The van der Waals surface area contributed by atoms with Gasteiger partial charge in [-0.15, -0.1) is 0 Å². The van der Waals surface area contributed by atoms with Crippen LogP contribution in [-0.4, -0.2) is 22.8 Å². The van der Waals surface area contributed by atoms with Gasteiger partial charge < -0.3 is 14.4 Å². The van der Waals surface area contributed by atoms with Gasteiger partial charge in [0.05, 0.1) is 12.7 Å². The molecule has 0 aliphatic heterocycles. The highest BCUT2D eigenvalue weighted by molar-refractivity contribution is 6.30. The topological polar surface area (TPSA) is 68.5 Å². The molecule has 0 radical (unpaired) electrons. The summed E-state index contributed by atoms with van der Waals surface area (Å²) >= 11 is 6.15. The van der Waals surface area contributed by atoms with Crippen molar-refractivity contribution in [3.8, 4) is 5.75 Å². The van der Waals surface area contributed by atoms with Crippen LogP contribution in [0.1, 0.15) is 32.7 Å². The summed E-state index contributed by atoms with van der Waals surface area (Å²) in [5.74, 6) is -0.208. The van der Waals surface area contributed by atoms with E-state index in [1.54, 1.807) is 42.0 Å². The molecule has 0 saturated carbocycles. The molecular formula is C24H22ClNO4. The lowest BCUT2D eigenvalue weighted by atomic mass is 10.1. The third kappa shape index (κ3) is 4.99. The molecule has 0 fully saturated rings. The van der Waals surface area contributed by atoms with Gasteiger partial charge in [-0.05, 0) is 66.4 Å². The third-order valence-electron chi connectivity index (χ3n) is 4.84. The average molecular weight is 424 g/mol. The van der Waals surface area contributed by atoms with E-state index in [4.69, 9.17) is 21.4 Å². The minimum absolute atomic E-state index is 0.173. The molecule has 0 saturated heterocycles. The minimum atomic E-state index is -0.965. The number of ether oxygens (including phenoxy) is 1. The van der Waals surface area contributed by atoms with Crippen LogP contribution in [0.2, 0.25) is 5.02 Å². The highest BCUT2D eigenvalue weighted by Crippen LogP contribution is 2.18. The van der Waals surface area contributed by atoms with Gasteiger partial charge in [0.25, 0.3) is 5.56 Å². The lowest BCUT2D eigenvalue weighted by Crippen LogP contribution is -2.24. The smallest absolute Gasteiger partial charge is 0.335 e. The fraction of sp³-hybridized carbons (Fsp3) is 0.167. The monoisotopic (exact) mass is 423 g/mol. The van der Waals surface area contributed by atoms with Crippen LogP contribution in [0.3, 0.4) is 0 Å². The quantitative estimate of drug-likeness (QED) is 0.585. The summed E-state index contributed by atoms with van der Waals surface area (Å²) in [5, 5.41) is 9.20. The van der Waals surface area contributed by atoms with E-state index in [2.05, 4.69) is 0 Å². The first-order valence-corrected chi connectivity index (χ1v) is 9.81. The summed E-state index contributed by atoms with van der Waals surface area (Å²) in [6, 6.07) is 16.0. The summed E-state index contributed by atoms with van der Waals surface area (Å²) in [5.41, 5.74) is 3.53. The molecule has 2 aromatic carbocycles. The van der Waals surface area contributed by atoms with Gasteiger partial charge in [0.15, 0.2) is 0 Å². The van der Waals surface area contributed by atoms with Crippen LogP contribution in [0.4, 0.5) is 0 Å². The van der Waals surface area contributed by atoms with E-state index in [0.29, 0.717) is 13.0 Å². The first-order chi connectivity index (χ1) is 14.4. The van der Waals surface area contributed by atoms with Crippen molar-refractivity contribution in [3.05, 3.63) is 97.9 Å². The van der Waals surface area contributed by atoms with Crippen LogP contribution in [0, 0.1) is 6.92 Å². The van der Waals surface area contributed by atoms with E-state index in [0.717, 1.165) is 28.1 Å². The van der Waals surface area contributed by atoms with Crippen molar-refractivity contribution in [2.24, 2.45) is 0 Å². The van der Waals surface area contributed by atoms with E-state index >= 15 is 0 Å². The number of benzene rings is 2.